The van der Waals surface area contributed by atoms with Crippen LogP contribution in [0.2, 0.25) is 5.02 Å². The first-order valence-electron chi connectivity index (χ1n) is 5.82. The lowest BCUT2D eigenvalue weighted by Crippen LogP contribution is -2.18. The predicted octanol–water partition coefficient (Wildman–Crippen LogP) is 3.63. The Hall–Kier alpha value is -1.10. The molecule has 3 nitrogen and oxygen atoms in total. The molecule has 0 aliphatic heterocycles. The molecule has 0 spiro atoms. The number of aromatic nitrogens is 1. The normalized spacial score (nSPS) is 10.5. The van der Waals surface area contributed by atoms with Crippen LogP contribution in [0.3, 0.4) is 0 Å². The van der Waals surface area contributed by atoms with Gasteiger partial charge in [0.1, 0.15) is 5.82 Å². The quantitative estimate of drug-likeness (QED) is 0.922. The van der Waals surface area contributed by atoms with Crippen LogP contribution in [-0.4, -0.2) is 17.1 Å². The zero-order chi connectivity index (χ0) is 13.8. The fourth-order valence-corrected chi connectivity index (χ4v) is 2.33. The highest BCUT2D eigenvalue weighted by Crippen LogP contribution is 2.22. The van der Waals surface area contributed by atoms with E-state index < -0.39 is 0 Å². The molecule has 0 amide bonds. The molecular formula is C14H14BrClN2O. The molecular weight excluding hydrogens is 328 g/mol. The van der Waals surface area contributed by atoms with Gasteiger partial charge in [-0.3, -0.25) is 0 Å². The minimum absolute atomic E-state index is 0.157. The lowest BCUT2D eigenvalue weighted by atomic mass is 10.2. The molecule has 19 heavy (non-hydrogen) atoms. The van der Waals surface area contributed by atoms with Crippen LogP contribution in [0.4, 0.5) is 5.82 Å². The summed E-state index contributed by atoms with van der Waals surface area (Å²) in [5.41, 5.74) is 1.67. The molecule has 0 radical (unpaired) electrons. The maximum absolute atomic E-state index is 9.19. The maximum atomic E-state index is 9.19. The number of halogens is 2. The Morgan fingerprint density at radius 2 is 2.00 bits per heavy atom. The Morgan fingerprint density at radius 3 is 2.68 bits per heavy atom. The van der Waals surface area contributed by atoms with Crippen LogP contribution >= 0.6 is 27.5 Å². The molecule has 0 aliphatic carbocycles. The number of benzene rings is 1. The predicted molar refractivity (Wildman–Crippen MR) is 81.4 cm³/mol. The van der Waals surface area contributed by atoms with E-state index in [1.807, 2.05) is 36.2 Å². The van der Waals surface area contributed by atoms with Crippen LogP contribution in [0, 0.1) is 0 Å². The Bertz CT molecular complexity index is 577. The van der Waals surface area contributed by atoms with Crippen molar-refractivity contribution in [1.29, 1.82) is 0 Å². The van der Waals surface area contributed by atoms with Gasteiger partial charge in [-0.2, -0.15) is 0 Å². The van der Waals surface area contributed by atoms with Crippen molar-refractivity contribution in [2.45, 2.75) is 13.2 Å². The van der Waals surface area contributed by atoms with Crippen molar-refractivity contribution in [2.75, 3.05) is 11.9 Å². The molecule has 100 valence electrons. The van der Waals surface area contributed by atoms with Gasteiger partial charge in [0.2, 0.25) is 0 Å². The highest BCUT2D eigenvalue weighted by atomic mass is 79.9. The average Bonchev–Trinajstić information content (AvgIpc) is 2.42. The van der Waals surface area contributed by atoms with Crippen molar-refractivity contribution < 1.29 is 5.11 Å². The minimum atomic E-state index is -0.157. The molecule has 0 atom stereocenters. The van der Waals surface area contributed by atoms with Crippen molar-refractivity contribution >= 4 is 33.3 Å². The highest BCUT2D eigenvalue weighted by molar-refractivity contribution is 9.10. The zero-order valence-electron chi connectivity index (χ0n) is 10.5. The van der Waals surface area contributed by atoms with E-state index in [-0.39, 0.29) is 6.61 Å². The smallest absolute Gasteiger partial charge is 0.129 e. The van der Waals surface area contributed by atoms with Gasteiger partial charge >= 0.3 is 0 Å². The summed E-state index contributed by atoms with van der Waals surface area (Å²) in [6, 6.07) is 11.7. The van der Waals surface area contributed by atoms with Gasteiger partial charge < -0.3 is 10.0 Å². The molecule has 0 unspecified atom stereocenters. The zero-order valence-corrected chi connectivity index (χ0v) is 12.8. The van der Waals surface area contributed by atoms with Crippen LogP contribution < -0.4 is 4.90 Å². The molecule has 0 bridgehead atoms. The molecule has 2 rings (SSSR count). The third kappa shape index (κ3) is 3.47. The number of aliphatic hydroxyl groups is 1. The third-order valence-corrected chi connectivity index (χ3v) is 3.93. The lowest BCUT2D eigenvalue weighted by molar-refractivity contribution is 0.277. The third-order valence-electron chi connectivity index (χ3n) is 2.81. The minimum Gasteiger partial charge on any atom is -0.390 e. The molecule has 0 fully saturated rings. The fourth-order valence-electron chi connectivity index (χ4n) is 1.76. The lowest BCUT2D eigenvalue weighted by Gasteiger charge is -2.19. The van der Waals surface area contributed by atoms with Crippen molar-refractivity contribution in [3.63, 3.8) is 0 Å². The molecule has 1 heterocycles. The van der Waals surface area contributed by atoms with E-state index in [1.165, 1.54) is 5.56 Å². The van der Waals surface area contributed by atoms with E-state index in [0.29, 0.717) is 10.7 Å². The summed E-state index contributed by atoms with van der Waals surface area (Å²) in [4.78, 5) is 6.35. The molecule has 1 aromatic heterocycles. The first kappa shape index (κ1) is 14.3. The number of aliphatic hydroxyl groups excluding tert-OH is 1. The van der Waals surface area contributed by atoms with Gasteiger partial charge in [-0.25, -0.2) is 4.98 Å². The van der Waals surface area contributed by atoms with Gasteiger partial charge in [0, 0.05) is 18.1 Å². The van der Waals surface area contributed by atoms with Crippen LogP contribution in [0.25, 0.3) is 0 Å². The van der Waals surface area contributed by atoms with Gasteiger partial charge in [0.25, 0.3) is 0 Å². The van der Waals surface area contributed by atoms with Crippen molar-refractivity contribution in [1.82, 2.24) is 4.98 Å². The summed E-state index contributed by atoms with van der Waals surface area (Å²) in [5.74, 6) is 0.782. The van der Waals surface area contributed by atoms with Gasteiger partial charge in [-0.1, -0.05) is 45.7 Å². The van der Waals surface area contributed by atoms with Crippen molar-refractivity contribution in [3.05, 3.63) is 57.2 Å². The van der Waals surface area contributed by atoms with Crippen LogP contribution in [0.15, 0.2) is 40.9 Å². The fraction of sp³-hybridized carbons (Fsp3) is 0.214. The van der Waals surface area contributed by atoms with Crippen molar-refractivity contribution in [2.24, 2.45) is 0 Å². The van der Waals surface area contributed by atoms with Crippen LogP contribution in [0.5, 0.6) is 0 Å². The molecule has 0 saturated carbocycles. The molecule has 1 N–H and O–H groups in total. The van der Waals surface area contributed by atoms with E-state index in [0.717, 1.165) is 16.8 Å². The number of rotatable bonds is 4. The molecule has 2 aromatic rings. The average molecular weight is 342 g/mol. The van der Waals surface area contributed by atoms with E-state index >= 15 is 0 Å². The molecule has 0 saturated heterocycles. The van der Waals surface area contributed by atoms with E-state index in [1.54, 1.807) is 6.07 Å². The summed E-state index contributed by atoms with van der Waals surface area (Å²) in [5, 5.41) is 9.67. The largest absolute Gasteiger partial charge is 0.390 e. The van der Waals surface area contributed by atoms with Gasteiger partial charge in [-0.05, 0) is 23.8 Å². The molecule has 0 aliphatic rings. The standard InChI is InChI=1S/C14H14BrClN2O/c1-18(8-10-4-2-3-5-11(10)15)14-7-6-12(16)13(9-19)17-14/h2-7,19H,8-9H2,1H3. The second kappa shape index (κ2) is 6.37. The Balaban J connectivity index is 2.20. The Morgan fingerprint density at radius 1 is 1.26 bits per heavy atom. The summed E-state index contributed by atoms with van der Waals surface area (Å²) in [7, 11) is 1.96. The van der Waals surface area contributed by atoms with Gasteiger partial charge in [-0.15, -0.1) is 0 Å². The number of anilines is 1. The van der Waals surface area contributed by atoms with Crippen molar-refractivity contribution in [3.8, 4) is 0 Å². The summed E-state index contributed by atoms with van der Waals surface area (Å²) < 4.78 is 1.07. The van der Waals surface area contributed by atoms with E-state index in [9.17, 15) is 5.11 Å². The van der Waals surface area contributed by atoms with Gasteiger partial charge in [0.05, 0.1) is 17.3 Å². The Labute approximate surface area is 126 Å². The highest BCUT2D eigenvalue weighted by Gasteiger charge is 2.08. The second-order valence-corrected chi connectivity index (χ2v) is 5.47. The second-order valence-electron chi connectivity index (χ2n) is 4.20. The van der Waals surface area contributed by atoms with Crippen LogP contribution in [0.1, 0.15) is 11.3 Å². The first-order valence-corrected chi connectivity index (χ1v) is 6.99. The van der Waals surface area contributed by atoms with E-state index in [2.05, 4.69) is 27.0 Å². The monoisotopic (exact) mass is 340 g/mol. The number of nitrogens with zero attached hydrogens (tertiary/aromatic N) is 2. The maximum Gasteiger partial charge on any atom is 0.129 e. The summed E-state index contributed by atoms with van der Waals surface area (Å²) >= 11 is 9.47. The SMILES string of the molecule is CN(Cc1ccccc1Br)c1ccc(Cl)c(CO)n1. The molecule has 1 aromatic carbocycles. The van der Waals surface area contributed by atoms with Gasteiger partial charge in [0.15, 0.2) is 0 Å². The topological polar surface area (TPSA) is 36.4 Å². The Kier molecular flexibility index (Phi) is 4.80. The van der Waals surface area contributed by atoms with E-state index in [4.69, 9.17) is 11.6 Å². The first-order chi connectivity index (χ1) is 9.11. The number of hydrogen-bond donors (Lipinski definition) is 1. The summed E-state index contributed by atoms with van der Waals surface area (Å²) in [6.07, 6.45) is 0. The van der Waals surface area contributed by atoms with Crippen LogP contribution in [-0.2, 0) is 13.2 Å². The summed E-state index contributed by atoms with van der Waals surface area (Å²) in [6.45, 7) is 0.566. The number of pyridine rings is 1. The number of hydrogen-bond acceptors (Lipinski definition) is 3. The molecule has 5 heteroatoms.